The van der Waals surface area contributed by atoms with Gasteiger partial charge in [-0.3, -0.25) is 4.79 Å². The van der Waals surface area contributed by atoms with E-state index in [0.29, 0.717) is 37.7 Å². The zero-order valence-corrected chi connectivity index (χ0v) is 18.1. The first-order chi connectivity index (χ1) is 15.1. The van der Waals surface area contributed by atoms with E-state index in [1.165, 1.54) is 0 Å². The topological polar surface area (TPSA) is 80.3 Å². The van der Waals surface area contributed by atoms with E-state index in [4.69, 9.17) is 19.2 Å². The van der Waals surface area contributed by atoms with Crippen LogP contribution in [0, 0.1) is 6.92 Å². The highest BCUT2D eigenvalue weighted by Crippen LogP contribution is 2.26. The largest absolute Gasteiger partial charge is 0.493 e. The van der Waals surface area contributed by atoms with Gasteiger partial charge in [-0.2, -0.15) is 4.98 Å². The number of amides is 1. The van der Waals surface area contributed by atoms with Crippen LogP contribution >= 0.6 is 0 Å². The summed E-state index contributed by atoms with van der Waals surface area (Å²) in [6.07, 6.45) is 0. The number of aromatic nitrogens is 2. The molecule has 0 bridgehead atoms. The molecule has 4 rings (SSSR count). The van der Waals surface area contributed by atoms with Gasteiger partial charge in [-0.15, -0.1) is 0 Å². The fraction of sp³-hybridized carbons (Fsp3) is 0.500. The molecule has 0 radical (unpaired) electrons. The smallest absolute Gasteiger partial charge is 0.260 e. The van der Waals surface area contributed by atoms with Crippen LogP contribution in [0.1, 0.15) is 5.69 Å². The maximum Gasteiger partial charge on any atom is 0.260 e. The van der Waals surface area contributed by atoms with Crippen LogP contribution in [-0.2, 0) is 9.53 Å². The van der Waals surface area contributed by atoms with Crippen molar-refractivity contribution in [3.63, 3.8) is 0 Å². The molecule has 9 nitrogen and oxygen atoms in total. The van der Waals surface area contributed by atoms with Gasteiger partial charge in [0.2, 0.25) is 5.95 Å². The molecule has 3 heterocycles. The number of carbonyl (C=O) groups excluding carboxylic acids is 1. The van der Waals surface area contributed by atoms with Gasteiger partial charge < -0.3 is 28.9 Å². The summed E-state index contributed by atoms with van der Waals surface area (Å²) in [5.41, 5.74) is 0.940. The molecule has 2 aromatic rings. The number of aryl methyl sites for hydroxylation is 1. The molecule has 166 valence electrons. The molecule has 1 aromatic heterocycles. The number of piperazine rings is 1. The molecule has 1 amide bonds. The Morgan fingerprint density at radius 1 is 1.00 bits per heavy atom. The van der Waals surface area contributed by atoms with E-state index >= 15 is 0 Å². The molecule has 0 spiro atoms. The van der Waals surface area contributed by atoms with Crippen molar-refractivity contribution in [2.24, 2.45) is 0 Å². The van der Waals surface area contributed by atoms with Crippen molar-refractivity contribution in [2.45, 2.75) is 6.92 Å². The average molecular weight is 428 g/mol. The molecule has 0 atom stereocenters. The first-order valence-corrected chi connectivity index (χ1v) is 10.6. The van der Waals surface area contributed by atoms with Crippen molar-refractivity contribution in [1.29, 1.82) is 0 Å². The third-order valence-electron chi connectivity index (χ3n) is 5.50. The molecule has 9 heteroatoms. The third-order valence-corrected chi connectivity index (χ3v) is 5.50. The molecule has 0 unspecified atom stereocenters. The van der Waals surface area contributed by atoms with Crippen LogP contribution in [0.4, 0.5) is 11.8 Å². The van der Waals surface area contributed by atoms with Crippen LogP contribution in [0.2, 0.25) is 0 Å². The molecule has 2 aliphatic heterocycles. The number of hydrogen-bond donors (Lipinski definition) is 0. The minimum Gasteiger partial charge on any atom is -0.493 e. The standard InChI is InChI=1S/C22H29N5O4/c1-17-15-20(25-11-13-30-14-12-25)24-22(23-17)27-9-7-26(8-10-27)21(28)16-31-19-6-4-3-5-18(19)29-2/h3-6,15H,7-14,16H2,1-2H3. The Hall–Kier alpha value is -3.07. The Bertz CT molecular complexity index is 895. The van der Waals surface area contributed by atoms with E-state index < -0.39 is 0 Å². The van der Waals surface area contributed by atoms with Gasteiger partial charge in [0.25, 0.3) is 5.91 Å². The van der Waals surface area contributed by atoms with Crippen LogP contribution in [-0.4, -0.2) is 87.0 Å². The Balaban J connectivity index is 1.33. The van der Waals surface area contributed by atoms with Gasteiger partial charge in [0, 0.05) is 51.0 Å². The summed E-state index contributed by atoms with van der Waals surface area (Å²) < 4.78 is 16.4. The van der Waals surface area contributed by atoms with Gasteiger partial charge in [-0.25, -0.2) is 4.98 Å². The first kappa shape index (κ1) is 21.2. The molecule has 2 saturated heterocycles. The molecule has 1 aromatic carbocycles. The highest BCUT2D eigenvalue weighted by molar-refractivity contribution is 5.78. The predicted octanol–water partition coefficient (Wildman–Crippen LogP) is 1.36. The zero-order chi connectivity index (χ0) is 21.6. The van der Waals surface area contributed by atoms with Gasteiger partial charge in [-0.05, 0) is 19.1 Å². The lowest BCUT2D eigenvalue weighted by Gasteiger charge is -2.35. The summed E-state index contributed by atoms with van der Waals surface area (Å²) >= 11 is 0. The van der Waals surface area contributed by atoms with Crippen LogP contribution in [0.15, 0.2) is 30.3 Å². The van der Waals surface area contributed by atoms with Crippen molar-refractivity contribution in [1.82, 2.24) is 14.9 Å². The van der Waals surface area contributed by atoms with Crippen molar-refractivity contribution in [2.75, 3.05) is 76.0 Å². The molecular weight excluding hydrogens is 398 g/mol. The lowest BCUT2D eigenvalue weighted by molar-refractivity contribution is -0.133. The number of methoxy groups -OCH3 is 1. The van der Waals surface area contributed by atoms with Crippen molar-refractivity contribution >= 4 is 17.7 Å². The highest BCUT2D eigenvalue weighted by Gasteiger charge is 2.24. The monoisotopic (exact) mass is 427 g/mol. The van der Waals surface area contributed by atoms with E-state index in [9.17, 15) is 4.79 Å². The maximum absolute atomic E-state index is 12.6. The fourth-order valence-electron chi connectivity index (χ4n) is 3.76. The number of benzene rings is 1. The van der Waals surface area contributed by atoms with Crippen molar-refractivity contribution < 1.29 is 19.0 Å². The quantitative estimate of drug-likeness (QED) is 0.684. The Labute approximate surface area is 182 Å². The van der Waals surface area contributed by atoms with Gasteiger partial charge >= 0.3 is 0 Å². The lowest BCUT2D eigenvalue weighted by atomic mass is 10.3. The normalized spacial score (nSPS) is 16.9. The second-order valence-corrected chi connectivity index (χ2v) is 7.57. The summed E-state index contributed by atoms with van der Waals surface area (Å²) in [7, 11) is 1.58. The number of para-hydroxylation sites is 2. The molecule has 0 saturated carbocycles. The number of carbonyl (C=O) groups is 1. The highest BCUT2D eigenvalue weighted by atomic mass is 16.5. The summed E-state index contributed by atoms with van der Waals surface area (Å²) in [6.45, 7) is 7.68. The van der Waals surface area contributed by atoms with E-state index in [1.807, 2.05) is 36.1 Å². The van der Waals surface area contributed by atoms with Crippen LogP contribution < -0.4 is 19.3 Å². The number of nitrogens with zero attached hydrogens (tertiary/aromatic N) is 5. The van der Waals surface area contributed by atoms with E-state index in [1.54, 1.807) is 13.2 Å². The number of rotatable bonds is 6. The number of anilines is 2. The van der Waals surface area contributed by atoms with Gasteiger partial charge in [-0.1, -0.05) is 12.1 Å². The minimum absolute atomic E-state index is 0.0114. The van der Waals surface area contributed by atoms with E-state index in [0.717, 1.165) is 43.8 Å². The van der Waals surface area contributed by atoms with Crippen LogP contribution in [0.25, 0.3) is 0 Å². The Kier molecular flexibility index (Phi) is 6.71. The summed E-state index contributed by atoms with van der Waals surface area (Å²) in [6, 6.07) is 9.35. The third kappa shape index (κ3) is 5.16. The molecule has 2 aliphatic rings. The fourth-order valence-corrected chi connectivity index (χ4v) is 3.76. The number of hydrogen-bond acceptors (Lipinski definition) is 8. The molecule has 0 aliphatic carbocycles. The van der Waals surface area contributed by atoms with E-state index in [2.05, 4.69) is 14.8 Å². The molecule has 0 N–H and O–H groups in total. The minimum atomic E-state index is -0.0373. The van der Waals surface area contributed by atoms with Crippen molar-refractivity contribution in [3.8, 4) is 11.5 Å². The lowest BCUT2D eigenvalue weighted by Crippen LogP contribution is -2.50. The average Bonchev–Trinajstić information content (AvgIpc) is 2.83. The van der Waals surface area contributed by atoms with Gasteiger partial charge in [0.15, 0.2) is 18.1 Å². The predicted molar refractivity (Wildman–Crippen MR) is 117 cm³/mol. The number of ether oxygens (including phenoxy) is 3. The molecular formula is C22H29N5O4. The molecule has 31 heavy (non-hydrogen) atoms. The van der Waals surface area contributed by atoms with E-state index in [-0.39, 0.29) is 12.5 Å². The van der Waals surface area contributed by atoms with Crippen LogP contribution in [0.5, 0.6) is 11.5 Å². The van der Waals surface area contributed by atoms with Gasteiger partial charge in [0.1, 0.15) is 5.82 Å². The second kappa shape index (κ2) is 9.82. The summed E-state index contributed by atoms with van der Waals surface area (Å²) in [5, 5.41) is 0. The first-order valence-electron chi connectivity index (χ1n) is 10.6. The summed E-state index contributed by atoms with van der Waals surface area (Å²) in [5.74, 6) is 2.81. The summed E-state index contributed by atoms with van der Waals surface area (Å²) in [4.78, 5) is 28.2. The van der Waals surface area contributed by atoms with Crippen molar-refractivity contribution in [3.05, 3.63) is 36.0 Å². The second-order valence-electron chi connectivity index (χ2n) is 7.57. The van der Waals surface area contributed by atoms with Crippen LogP contribution in [0.3, 0.4) is 0 Å². The Morgan fingerprint density at radius 2 is 1.71 bits per heavy atom. The maximum atomic E-state index is 12.6. The number of morpholine rings is 1. The zero-order valence-electron chi connectivity index (χ0n) is 18.1. The van der Waals surface area contributed by atoms with Gasteiger partial charge in [0.05, 0.1) is 20.3 Å². The molecule has 2 fully saturated rings. The Morgan fingerprint density at radius 3 is 2.42 bits per heavy atom. The SMILES string of the molecule is COc1ccccc1OCC(=O)N1CCN(c2nc(C)cc(N3CCOCC3)n2)CC1.